The maximum Gasteiger partial charge on any atom is 0.534 e. The lowest BCUT2D eigenvalue weighted by molar-refractivity contribution is 0.267. The van der Waals surface area contributed by atoms with Crippen LogP contribution in [0.3, 0.4) is 0 Å². The van der Waals surface area contributed by atoms with E-state index in [0.29, 0.717) is 0 Å². The van der Waals surface area contributed by atoms with Crippen molar-refractivity contribution in [2.24, 2.45) is 0 Å². The lowest BCUT2D eigenvalue weighted by Gasteiger charge is -1.91. The quantitative estimate of drug-likeness (QED) is 0.263. The highest BCUT2D eigenvalue weighted by Crippen LogP contribution is 2.34. The number of hydrogen-bond donors (Lipinski definition) is 2. The van der Waals surface area contributed by atoms with Crippen LogP contribution in [0.4, 0.5) is 0 Å². The number of phosphoric ester groups is 1. The minimum Gasteiger partial charge on any atom is -0.328 e. The highest BCUT2D eigenvalue weighted by molar-refractivity contribution is 7.46. The van der Waals surface area contributed by atoms with E-state index in [1.54, 1.807) is 0 Å². The average molecular weight is 155 g/mol. The fourth-order valence-electron chi connectivity index (χ4n) is 0.0532. The Balaban J connectivity index is 0. The molecule has 2 N–H and O–H groups in total. The largest absolute Gasteiger partial charge is 0.534 e. The Morgan fingerprint density at radius 2 is 2.00 bits per heavy atom. The third-order valence-electron chi connectivity index (χ3n) is 0.160. The zero-order valence-electron chi connectivity index (χ0n) is 3.11. The Morgan fingerprint density at radius 3 is 2.00 bits per heavy atom. The van der Waals surface area contributed by atoms with Gasteiger partial charge in [0.15, 0.2) is 0 Å². The Hall–Kier alpha value is -0.343. The van der Waals surface area contributed by atoms with Gasteiger partial charge in [-0.3, -0.25) is 9.79 Å². The molecule has 0 saturated heterocycles. The van der Waals surface area contributed by atoms with Crippen LogP contribution in [-0.2, 0) is 9.09 Å². The average Bonchev–Trinajstić information content (AvgIpc) is 1.30. The molecule has 0 saturated carbocycles. The first-order valence-corrected chi connectivity index (χ1v) is 2.72. The van der Waals surface area contributed by atoms with Gasteiger partial charge in [-0.1, -0.05) is 0 Å². The van der Waals surface area contributed by atoms with E-state index in [0.717, 1.165) is 6.26 Å². The summed E-state index contributed by atoms with van der Waals surface area (Å²) in [5.74, 6) is 0. The standard InChI is InChI=1S/CH2NO4P.H4Si/c2-1-6-7(3,4)5;/h(H2,3,4,5);1H4. The third kappa shape index (κ3) is 9.17. The maximum absolute atomic E-state index is 9.48. The topological polar surface area (TPSA) is 90.5 Å². The minimum absolute atomic E-state index is 0. The molecule has 0 aromatic carbocycles. The van der Waals surface area contributed by atoms with Crippen molar-refractivity contribution in [1.29, 1.82) is 5.26 Å². The second-order valence-electron chi connectivity index (χ2n) is 0.673. The Morgan fingerprint density at radius 1 is 1.62 bits per heavy atom. The summed E-state index contributed by atoms with van der Waals surface area (Å²) in [4.78, 5) is 15.4. The number of hydrogen-bond acceptors (Lipinski definition) is 3. The van der Waals surface area contributed by atoms with Gasteiger partial charge in [0.25, 0.3) is 6.26 Å². The first-order valence-electron chi connectivity index (χ1n) is 1.19. The van der Waals surface area contributed by atoms with Crippen molar-refractivity contribution in [2.45, 2.75) is 0 Å². The van der Waals surface area contributed by atoms with Crippen LogP contribution in [0.1, 0.15) is 0 Å². The van der Waals surface area contributed by atoms with Crippen LogP contribution in [0.2, 0.25) is 0 Å². The van der Waals surface area contributed by atoms with Crippen LogP contribution >= 0.6 is 7.82 Å². The lowest BCUT2D eigenvalue weighted by atomic mass is 11.6. The molecule has 0 heterocycles. The molecular formula is CH6NO4PSi. The van der Waals surface area contributed by atoms with Gasteiger partial charge in [-0.15, -0.1) is 5.26 Å². The highest BCUT2D eigenvalue weighted by atomic mass is 31.2. The van der Waals surface area contributed by atoms with Crippen molar-refractivity contribution in [1.82, 2.24) is 0 Å². The molecule has 0 aromatic rings. The maximum atomic E-state index is 9.48. The van der Waals surface area contributed by atoms with E-state index < -0.39 is 7.82 Å². The summed E-state index contributed by atoms with van der Waals surface area (Å²) >= 11 is 0. The SMILES string of the molecule is N#COP(=O)(O)O.[SiH4]. The zero-order valence-corrected chi connectivity index (χ0v) is 4.00. The second-order valence-corrected chi connectivity index (χ2v) is 1.84. The van der Waals surface area contributed by atoms with Gasteiger partial charge < -0.3 is 4.52 Å². The number of nitriles is 1. The third-order valence-corrected chi connectivity index (χ3v) is 0.479. The normalized spacial score (nSPS) is 8.62. The highest BCUT2D eigenvalue weighted by Gasteiger charge is 2.12. The first kappa shape index (κ1) is 10.6. The molecule has 7 heteroatoms. The lowest BCUT2D eigenvalue weighted by Crippen LogP contribution is -1.76. The fraction of sp³-hybridized carbons (Fsp3) is 0. The molecule has 0 aromatic heterocycles. The van der Waals surface area contributed by atoms with E-state index in [1.165, 1.54) is 0 Å². The van der Waals surface area contributed by atoms with Gasteiger partial charge in [-0.05, 0) is 11.0 Å². The first-order chi connectivity index (χ1) is 3.06. The second kappa shape index (κ2) is 3.63. The molecule has 0 fully saturated rings. The summed E-state index contributed by atoms with van der Waals surface area (Å²) in [6.45, 7) is 0. The predicted octanol–water partition coefficient (Wildman–Crippen LogP) is -1.87. The van der Waals surface area contributed by atoms with Gasteiger partial charge in [0, 0.05) is 0 Å². The van der Waals surface area contributed by atoms with E-state index >= 15 is 0 Å². The van der Waals surface area contributed by atoms with E-state index in [1.807, 2.05) is 0 Å². The molecule has 8 heavy (non-hydrogen) atoms. The molecule has 0 unspecified atom stereocenters. The Kier molecular flexibility index (Phi) is 4.82. The van der Waals surface area contributed by atoms with Crippen LogP contribution in [-0.4, -0.2) is 20.8 Å². The molecular weight excluding hydrogens is 149 g/mol. The predicted molar refractivity (Wildman–Crippen MR) is 30.1 cm³/mol. The molecule has 0 bridgehead atoms. The van der Waals surface area contributed by atoms with Crippen LogP contribution in [0.15, 0.2) is 0 Å². The Labute approximate surface area is 50.2 Å². The van der Waals surface area contributed by atoms with Crippen LogP contribution < -0.4 is 0 Å². The monoisotopic (exact) mass is 155 g/mol. The van der Waals surface area contributed by atoms with Crippen LogP contribution in [0.25, 0.3) is 0 Å². The summed E-state index contributed by atoms with van der Waals surface area (Å²) in [5.41, 5.74) is 0. The smallest absolute Gasteiger partial charge is 0.328 e. The van der Waals surface area contributed by atoms with Crippen molar-refractivity contribution in [3.63, 3.8) is 0 Å². The summed E-state index contributed by atoms with van der Waals surface area (Å²) in [5, 5.41) is 7.44. The number of phosphoric acid groups is 1. The molecule has 0 rings (SSSR count). The van der Waals surface area contributed by atoms with Gasteiger partial charge in [0.2, 0.25) is 0 Å². The van der Waals surface area contributed by atoms with Crippen molar-refractivity contribution in [2.75, 3.05) is 0 Å². The van der Waals surface area contributed by atoms with Crippen molar-refractivity contribution in [3.8, 4) is 6.26 Å². The fourth-order valence-corrected chi connectivity index (χ4v) is 0.160. The van der Waals surface area contributed by atoms with Gasteiger partial charge in [-0.2, -0.15) is 0 Å². The molecule has 0 radical (unpaired) electrons. The molecule has 0 aliphatic heterocycles. The van der Waals surface area contributed by atoms with Gasteiger partial charge in [0.1, 0.15) is 0 Å². The van der Waals surface area contributed by atoms with Gasteiger partial charge >= 0.3 is 7.82 Å². The van der Waals surface area contributed by atoms with Crippen molar-refractivity contribution < 1.29 is 18.9 Å². The molecule has 48 valence electrons. The molecule has 0 aliphatic carbocycles. The molecule has 0 spiro atoms. The van der Waals surface area contributed by atoms with Gasteiger partial charge in [-0.25, -0.2) is 4.57 Å². The van der Waals surface area contributed by atoms with Gasteiger partial charge in [0.05, 0.1) is 0 Å². The minimum atomic E-state index is -4.53. The van der Waals surface area contributed by atoms with Crippen LogP contribution in [0, 0.1) is 11.5 Å². The van der Waals surface area contributed by atoms with E-state index in [2.05, 4.69) is 4.52 Å². The molecule has 5 nitrogen and oxygen atoms in total. The van der Waals surface area contributed by atoms with E-state index in [9.17, 15) is 4.57 Å². The number of rotatable bonds is 1. The summed E-state index contributed by atoms with van der Waals surface area (Å²) < 4.78 is 12.7. The van der Waals surface area contributed by atoms with E-state index in [4.69, 9.17) is 15.0 Å². The Bertz CT molecular complexity index is 133. The van der Waals surface area contributed by atoms with Crippen molar-refractivity contribution in [3.05, 3.63) is 0 Å². The summed E-state index contributed by atoms with van der Waals surface area (Å²) in [7, 11) is -4.53. The molecule has 0 atom stereocenters. The zero-order chi connectivity index (χ0) is 5.91. The summed E-state index contributed by atoms with van der Waals surface area (Å²) in [6, 6.07) is 0. The van der Waals surface area contributed by atoms with Crippen molar-refractivity contribution >= 4 is 18.8 Å². The van der Waals surface area contributed by atoms with Crippen LogP contribution in [0.5, 0.6) is 0 Å². The van der Waals surface area contributed by atoms with E-state index in [-0.39, 0.29) is 11.0 Å². The molecule has 0 aliphatic rings. The number of nitrogens with zero attached hydrogens (tertiary/aromatic N) is 1. The summed E-state index contributed by atoms with van der Waals surface area (Å²) in [6.07, 6.45) is 0.845. The molecule has 0 amide bonds.